The molecule has 0 saturated heterocycles. The van der Waals surface area contributed by atoms with Gasteiger partial charge in [-0.15, -0.1) is 0 Å². The molecule has 0 amide bonds. The van der Waals surface area contributed by atoms with E-state index in [2.05, 4.69) is 62.5 Å². The highest BCUT2D eigenvalue weighted by atomic mass is 16.3. The van der Waals surface area contributed by atoms with Gasteiger partial charge in [0.25, 0.3) is 0 Å². The van der Waals surface area contributed by atoms with E-state index in [4.69, 9.17) is 5.11 Å². The molecule has 96 valence electrons. The summed E-state index contributed by atoms with van der Waals surface area (Å²) in [6.45, 7) is 6.51. The van der Waals surface area contributed by atoms with Crippen molar-refractivity contribution in [1.82, 2.24) is 0 Å². The molecule has 0 bridgehead atoms. The lowest BCUT2D eigenvalue weighted by Gasteiger charge is -2.27. The molecule has 0 aromatic heterocycles. The van der Waals surface area contributed by atoms with Crippen LogP contribution in [0.4, 0.5) is 5.69 Å². The van der Waals surface area contributed by atoms with Crippen LogP contribution in [-0.4, -0.2) is 17.3 Å². The molecule has 0 saturated carbocycles. The van der Waals surface area contributed by atoms with Crippen LogP contribution in [0.3, 0.4) is 0 Å². The Kier molecular flexibility index (Phi) is 3.58. The SMILES string of the molecule is Cc1ccc2cc(NC(C)(C)CCO)ccc2c1. The zero-order valence-electron chi connectivity index (χ0n) is 11.3. The van der Waals surface area contributed by atoms with Gasteiger partial charge in [0, 0.05) is 17.8 Å². The van der Waals surface area contributed by atoms with Crippen molar-refractivity contribution in [2.24, 2.45) is 0 Å². The Hall–Kier alpha value is -1.54. The fourth-order valence-corrected chi connectivity index (χ4v) is 2.18. The molecule has 2 N–H and O–H groups in total. The van der Waals surface area contributed by atoms with Crippen LogP contribution >= 0.6 is 0 Å². The molecule has 0 spiro atoms. The minimum absolute atomic E-state index is 0.0902. The highest BCUT2D eigenvalue weighted by Crippen LogP contribution is 2.23. The quantitative estimate of drug-likeness (QED) is 0.857. The molecule has 2 aromatic rings. The lowest BCUT2D eigenvalue weighted by molar-refractivity contribution is 0.261. The molecule has 0 radical (unpaired) electrons. The van der Waals surface area contributed by atoms with Gasteiger partial charge >= 0.3 is 0 Å². The summed E-state index contributed by atoms with van der Waals surface area (Å²) in [4.78, 5) is 0. The van der Waals surface area contributed by atoms with E-state index >= 15 is 0 Å². The van der Waals surface area contributed by atoms with Crippen LogP contribution < -0.4 is 5.32 Å². The first-order valence-electron chi connectivity index (χ1n) is 6.40. The Morgan fingerprint density at radius 1 is 1.06 bits per heavy atom. The minimum atomic E-state index is -0.0902. The Bertz CT molecular complexity index is 546. The van der Waals surface area contributed by atoms with Crippen LogP contribution in [0.5, 0.6) is 0 Å². The number of fused-ring (bicyclic) bond motifs is 1. The molecular formula is C16H21NO. The normalized spacial score (nSPS) is 11.8. The number of anilines is 1. The van der Waals surface area contributed by atoms with E-state index in [1.54, 1.807) is 0 Å². The van der Waals surface area contributed by atoms with Gasteiger partial charge in [-0.3, -0.25) is 0 Å². The van der Waals surface area contributed by atoms with E-state index in [-0.39, 0.29) is 12.1 Å². The van der Waals surface area contributed by atoms with Crippen molar-refractivity contribution < 1.29 is 5.11 Å². The second kappa shape index (κ2) is 4.99. The second-order valence-corrected chi connectivity index (χ2v) is 5.55. The molecule has 0 fully saturated rings. The van der Waals surface area contributed by atoms with Crippen molar-refractivity contribution in [2.45, 2.75) is 32.7 Å². The average molecular weight is 243 g/mol. The molecule has 2 heteroatoms. The molecule has 0 aliphatic carbocycles. The number of hydrogen-bond acceptors (Lipinski definition) is 2. The number of nitrogens with one attached hydrogen (secondary N) is 1. The fraction of sp³-hybridized carbons (Fsp3) is 0.375. The van der Waals surface area contributed by atoms with Crippen molar-refractivity contribution in [2.75, 3.05) is 11.9 Å². The van der Waals surface area contributed by atoms with Gasteiger partial charge in [0.1, 0.15) is 0 Å². The maximum atomic E-state index is 9.04. The summed E-state index contributed by atoms with van der Waals surface area (Å²) >= 11 is 0. The van der Waals surface area contributed by atoms with Gasteiger partial charge in [0.2, 0.25) is 0 Å². The van der Waals surface area contributed by atoms with Gasteiger partial charge in [-0.25, -0.2) is 0 Å². The molecule has 18 heavy (non-hydrogen) atoms. The van der Waals surface area contributed by atoms with E-state index in [9.17, 15) is 0 Å². The van der Waals surface area contributed by atoms with Crippen molar-refractivity contribution in [3.63, 3.8) is 0 Å². The molecule has 0 aliphatic rings. The molecular weight excluding hydrogens is 222 g/mol. The third-order valence-corrected chi connectivity index (χ3v) is 3.22. The first-order valence-corrected chi connectivity index (χ1v) is 6.40. The van der Waals surface area contributed by atoms with E-state index in [0.29, 0.717) is 0 Å². The summed E-state index contributed by atoms with van der Waals surface area (Å²) in [5.74, 6) is 0. The lowest BCUT2D eigenvalue weighted by atomic mass is 10.00. The molecule has 0 atom stereocenters. The van der Waals surface area contributed by atoms with Crippen LogP contribution in [0.2, 0.25) is 0 Å². The Labute approximate surface area is 109 Å². The van der Waals surface area contributed by atoms with Crippen LogP contribution in [-0.2, 0) is 0 Å². The van der Waals surface area contributed by atoms with Gasteiger partial charge in [0.05, 0.1) is 0 Å². The minimum Gasteiger partial charge on any atom is -0.396 e. The van der Waals surface area contributed by atoms with Gasteiger partial charge in [-0.1, -0.05) is 29.8 Å². The Morgan fingerprint density at radius 2 is 1.72 bits per heavy atom. The molecule has 0 heterocycles. The van der Waals surface area contributed by atoms with Crippen molar-refractivity contribution in [1.29, 1.82) is 0 Å². The summed E-state index contributed by atoms with van der Waals surface area (Å²) in [6.07, 6.45) is 0.735. The summed E-state index contributed by atoms with van der Waals surface area (Å²) in [5, 5.41) is 15.0. The summed E-state index contributed by atoms with van der Waals surface area (Å²) in [5.41, 5.74) is 2.29. The summed E-state index contributed by atoms with van der Waals surface area (Å²) in [6, 6.07) is 12.9. The van der Waals surface area contributed by atoms with Crippen LogP contribution in [0.15, 0.2) is 36.4 Å². The first kappa shape index (κ1) is 12.9. The smallest absolute Gasteiger partial charge is 0.0453 e. The third-order valence-electron chi connectivity index (χ3n) is 3.22. The lowest BCUT2D eigenvalue weighted by Crippen LogP contribution is -2.31. The first-order chi connectivity index (χ1) is 8.50. The highest BCUT2D eigenvalue weighted by molar-refractivity contribution is 5.86. The average Bonchev–Trinajstić information content (AvgIpc) is 2.28. The van der Waals surface area contributed by atoms with Crippen LogP contribution in [0.25, 0.3) is 10.8 Å². The molecule has 0 unspecified atom stereocenters. The zero-order chi connectivity index (χ0) is 13.2. The maximum absolute atomic E-state index is 9.04. The molecule has 2 aromatic carbocycles. The van der Waals surface area contributed by atoms with Gasteiger partial charge in [-0.05, 0) is 50.1 Å². The van der Waals surface area contributed by atoms with E-state index in [1.807, 2.05) is 0 Å². The summed E-state index contributed by atoms with van der Waals surface area (Å²) in [7, 11) is 0. The summed E-state index contributed by atoms with van der Waals surface area (Å²) < 4.78 is 0. The van der Waals surface area contributed by atoms with Gasteiger partial charge in [0.15, 0.2) is 0 Å². The molecule has 2 rings (SSSR count). The third kappa shape index (κ3) is 3.02. The maximum Gasteiger partial charge on any atom is 0.0453 e. The second-order valence-electron chi connectivity index (χ2n) is 5.55. The largest absolute Gasteiger partial charge is 0.396 e. The van der Waals surface area contributed by atoms with Crippen molar-refractivity contribution in [3.05, 3.63) is 42.0 Å². The van der Waals surface area contributed by atoms with E-state index < -0.39 is 0 Å². The number of hydrogen-bond donors (Lipinski definition) is 2. The van der Waals surface area contributed by atoms with Crippen LogP contribution in [0, 0.1) is 6.92 Å². The molecule has 0 aliphatic heterocycles. The number of benzene rings is 2. The van der Waals surface area contributed by atoms with E-state index in [0.717, 1.165) is 12.1 Å². The number of aliphatic hydroxyl groups is 1. The highest BCUT2D eigenvalue weighted by Gasteiger charge is 2.16. The fourth-order valence-electron chi connectivity index (χ4n) is 2.18. The van der Waals surface area contributed by atoms with Gasteiger partial charge < -0.3 is 10.4 Å². The monoisotopic (exact) mass is 243 g/mol. The standard InChI is InChI=1S/C16H21NO/c1-12-4-5-14-11-15(7-6-13(14)10-12)17-16(2,3)8-9-18/h4-7,10-11,17-18H,8-9H2,1-3H3. The zero-order valence-corrected chi connectivity index (χ0v) is 11.3. The predicted molar refractivity (Wildman–Crippen MR) is 78.1 cm³/mol. The molecule has 2 nitrogen and oxygen atoms in total. The van der Waals surface area contributed by atoms with Crippen molar-refractivity contribution in [3.8, 4) is 0 Å². The predicted octanol–water partition coefficient (Wildman–Crippen LogP) is 3.72. The topological polar surface area (TPSA) is 32.3 Å². The Balaban J connectivity index is 2.28. The Morgan fingerprint density at radius 3 is 2.44 bits per heavy atom. The van der Waals surface area contributed by atoms with Crippen LogP contribution in [0.1, 0.15) is 25.8 Å². The van der Waals surface area contributed by atoms with E-state index in [1.165, 1.54) is 16.3 Å². The van der Waals surface area contributed by atoms with Gasteiger partial charge in [-0.2, -0.15) is 0 Å². The number of rotatable bonds is 4. The number of aliphatic hydroxyl groups excluding tert-OH is 1. The number of aryl methyl sites for hydroxylation is 1. The van der Waals surface area contributed by atoms with Crippen molar-refractivity contribution >= 4 is 16.5 Å².